The summed E-state index contributed by atoms with van der Waals surface area (Å²) in [5.41, 5.74) is -1.23. The van der Waals surface area contributed by atoms with Crippen molar-refractivity contribution in [3.05, 3.63) is 33.9 Å². The number of nitrogens with zero attached hydrogens (tertiary/aromatic N) is 2. The lowest BCUT2D eigenvalue weighted by atomic mass is 10.0. The number of hydrogen-bond acceptors (Lipinski definition) is 4. The third-order valence-corrected chi connectivity index (χ3v) is 3.48. The van der Waals surface area contributed by atoms with Crippen LogP contribution in [0.4, 0.5) is 20.2 Å². The molecule has 8 heteroatoms. The first kappa shape index (κ1) is 14.2. The number of benzene rings is 1. The topological polar surface area (TPSA) is 83.7 Å². The molecular weight excluding hydrogens is 274 g/mol. The fourth-order valence-electron chi connectivity index (χ4n) is 2.52. The Labute approximate surface area is 112 Å². The Bertz CT molecular complexity index is 579. The monoisotopic (exact) mass is 286 g/mol. The van der Waals surface area contributed by atoms with Gasteiger partial charge in [-0.05, 0) is 18.4 Å². The van der Waals surface area contributed by atoms with E-state index in [1.54, 1.807) is 6.92 Å². The normalized spacial score (nSPS) is 22.1. The summed E-state index contributed by atoms with van der Waals surface area (Å²) in [6, 6.07) is 0.395. The minimum absolute atomic E-state index is 0.124. The molecule has 1 heterocycles. The quantitative estimate of drug-likeness (QED) is 0.680. The van der Waals surface area contributed by atoms with E-state index in [9.17, 15) is 28.8 Å². The van der Waals surface area contributed by atoms with Gasteiger partial charge in [0, 0.05) is 12.6 Å². The van der Waals surface area contributed by atoms with Crippen LogP contribution in [0.3, 0.4) is 0 Å². The number of nitro groups is 1. The molecule has 1 fully saturated rings. The molecule has 0 radical (unpaired) electrons. The Morgan fingerprint density at radius 3 is 2.70 bits per heavy atom. The number of hydrogen-bond donors (Lipinski definition) is 1. The summed E-state index contributed by atoms with van der Waals surface area (Å²) in [4.78, 5) is 22.4. The molecule has 2 rings (SSSR count). The second-order valence-electron chi connectivity index (χ2n) is 4.73. The highest BCUT2D eigenvalue weighted by Crippen LogP contribution is 2.38. The van der Waals surface area contributed by atoms with Gasteiger partial charge in [-0.25, -0.2) is 13.6 Å². The number of halogens is 2. The summed E-state index contributed by atoms with van der Waals surface area (Å²) in [5.74, 6) is -4.16. The van der Waals surface area contributed by atoms with Crippen molar-refractivity contribution >= 4 is 17.3 Å². The van der Waals surface area contributed by atoms with Crippen LogP contribution in [-0.2, 0) is 4.79 Å². The molecule has 0 aromatic heterocycles. The first-order valence-corrected chi connectivity index (χ1v) is 5.96. The molecule has 2 atom stereocenters. The smallest absolute Gasteiger partial charge is 0.326 e. The Hall–Kier alpha value is -2.25. The second-order valence-corrected chi connectivity index (χ2v) is 4.73. The molecule has 1 aromatic carbocycles. The zero-order valence-electron chi connectivity index (χ0n) is 10.5. The van der Waals surface area contributed by atoms with Crippen LogP contribution in [0.5, 0.6) is 0 Å². The SMILES string of the molecule is CC1CCN(c2c([N+](=O)[O-])ccc(F)c2F)C1C(=O)O. The van der Waals surface area contributed by atoms with E-state index in [2.05, 4.69) is 0 Å². The molecule has 0 aliphatic carbocycles. The van der Waals surface area contributed by atoms with Crippen LogP contribution in [0.2, 0.25) is 0 Å². The molecule has 6 nitrogen and oxygen atoms in total. The van der Waals surface area contributed by atoms with E-state index < -0.39 is 39.9 Å². The Morgan fingerprint density at radius 2 is 2.15 bits per heavy atom. The molecule has 1 N–H and O–H groups in total. The predicted octanol–water partition coefficient (Wildman–Crippen LogP) is 2.17. The molecule has 1 aromatic rings. The van der Waals surface area contributed by atoms with Crippen LogP contribution < -0.4 is 4.90 Å². The van der Waals surface area contributed by atoms with Crippen molar-refractivity contribution in [3.63, 3.8) is 0 Å². The minimum Gasteiger partial charge on any atom is -0.480 e. The number of aliphatic carboxylic acids is 1. The summed E-state index contributed by atoms with van der Waals surface area (Å²) >= 11 is 0. The van der Waals surface area contributed by atoms with Crippen molar-refractivity contribution < 1.29 is 23.6 Å². The van der Waals surface area contributed by atoms with Crippen LogP contribution in [0, 0.1) is 27.7 Å². The van der Waals surface area contributed by atoms with E-state index in [0.29, 0.717) is 12.5 Å². The van der Waals surface area contributed by atoms with Gasteiger partial charge in [0.25, 0.3) is 5.69 Å². The van der Waals surface area contributed by atoms with Crippen molar-refractivity contribution in [2.45, 2.75) is 19.4 Å². The van der Waals surface area contributed by atoms with Crippen LogP contribution in [-0.4, -0.2) is 28.6 Å². The lowest BCUT2D eigenvalue weighted by Crippen LogP contribution is -2.40. The minimum atomic E-state index is -1.39. The number of anilines is 1. The molecule has 1 aliphatic heterocycles. The van der Waals surface area contributed by atoms with Gasteiger partial charge in [0.2, 0.25) is 0 Å². The molecule has 1 aliphatic rings. The maximum absolute atomic E-state index is 13.9. The molecule has 20 heavy (non-hydrogen) atoms. The summed E-state index contributed by atoms with van der Waals surface area (Å²) in [6.07, 6.45) is 0.435. The fraction of sp³-hybridized carbons (Fsp3) is 0.417. The predicted molar refractivity (Wildman–Crippen MR) is 65.6 cm³/mol. The lowest BCUT2D eigenvalue weighted by Gasteiger charge is -2.25. The van der Waals surface area contributed by atoms with Crippen molar-refractivity contribution in [2.75, 3.05) is 11.4 Å². The highest BCUT2D eigenvalue weighted by atomic mass is 19.2. The van der Waals surface area contributed by atoms with E-state index in [0.717, 1.165) is 11.0 Å². The first-order valence-electron chi connectivity index (χ1n) is 5.96. The average Bonchev–Trinajstić information content (AvgIpc) is 2.73. The van der Waals surface area contributed by atoms with Crippen LogP contribution in [0.25, 0.3) is 0 Å². The molecule has 0 spiro atoms. The Morgan fingerprint density at radius 1 is 1.50 bits per heavy atom. The van der Waals surface area contributed by atoms with Gasteiger partial charge in [0.15, 0.2) is 17.3 Å². The number of rotatable bonds is 3. The second kappa shape index (κ2) is 5.03. The molecule has 1 saturated heterocycles. The van der Waals surface area contributed by atoms with Gasteiger partial charge in [-0.15, -0.1) is 0 Å². The largest absolute Gasteiger partial charge is 0.480 e. The Kier molecular flexibility index (Phi) is 3.56. The zero-order chi connectivity index (χ0) is 15.0. The maximum Gasteiger partial charge on any atom is 0.326 e. The van der Waals surface area contributed by atoms with Gasteiger partial charge < -0.3 is 10.0 Å². The lowest BCUT2D eigenvalue weighted by molar-refractivity contribution is -0.384. The highest BCUT2D eigenvalue weighted by molar-refractivity contribution is 5.81. The standard InChI is InChI=1S/C12H12F2N2O4/c1-6-4-5-15(10(6)12(17)18)11-8(16(19)20)3-2-7(13)9(11)14/h2-3,6,10H,4-5H2,1H3,(H,17,18). The van der Waals surface area contributed by atoms with E-state index in [-0.39, 0.29) is 12.5 Å². The highest BCUT2D eigenvalue weighted by Gasteiger charge is 2.41. The molecular formula is C12H12F2N2O4. The Balaban J connectivity index is 2.59. The van der Waals surface area contributed by atoms with Crippen molar-refractivity contribution in [1.29, 1.82) is 0 Å². The summed E-state index contributed by atoms with van der Waals surface area (Å²) in [6.45, 7) is 1.78. The number of carboxylic acids is 1. The van der Waals surface area contributed by atoms with Crippen molar-refractivity contribution in [3.8, 4) is 0 Å². The van der Waals surface area contributed by atoms with E-state index in [4.69, 9.17) is 0 Å². The van der Waals surface area contributed by atoms with Crippen LogP contribution in [0.15, 0.2) is 12.1 Å². The fourth-order valence-corrected chi connectivity index (χ4v) is 2.52. The maximum atomic E-state index is 13.9. The summed E-state index contributed by atoms with van der Waals surface area (Å²) in [5, 5.41) is 20.1. The van der Waals surface area contributed by atoms with Gasteiger partial charge >= 0.3 is 5.97 Å². The van der Waals surface area contributed by atoms with E-state index in [1.807, 2.05) is 0 Å². The van der Waals surface area contributed by atoms with Crippen LogP contribution in [0.1, 0.15) is 13.3 Å². The molecule has 108 valence electrons. The molecule has 0 bridgehead atoms. The molecule has 2 unspecified atom stereocenters. The first-order chi connectivity index (χ1) is 9.34. The zero-order valence-corrected chi connectivity index (χ0v) is 10.5. The number of carbonyl (C=O) groups is 1. The van der Waals surface area contributed by atoms with E-state index >= 15 is 0 Å². The average molecular weight is 286 g/mol. The van der Waals surface area contributed by atoms with E-state index in [1.165, 1.54) is 0 Å². The summed E-state index contributed by atoms with van der Waals surface area (Å²) < 4.78 is 27.3. The number of nitro benzene ring substituents is 1. The van der Waals surface area contributed by atoms with Gasteiger partial charge in [0.05, 0.1) is 4.92 Å². The van der Waals surface area contributed by atoms with Gasteiger partial charge in [-0.1, -0.05) is 6.92 Å². The third kappa shape index (κ3) is 2.17. The van der Waals surface area contributed by atoms with Crippen LogP contribution >= 0.6 is 0 Å². The van der Waals surface area contributed by atoms with Crippen molar-refractivity contribution in [2.24, 2.45) is 5.92 Å². The number of carboxylic acid groups (broad SMARTS) is 1. The third-order valence-electron chi connectivity index (χ3n) is 3.48. The van der Waals surface area contributed by atoms with Gasteiger partial charge in [-0.3, -0.25) is 10.1 Å². The van der Waals surface area contributed by atoms with Gasteiger partial charge in [0.1, 0.15) is 6.04 Å². The summed E-state index contributed by atoms with van der Waals surface area (Å²) in [7, 11) is 0. The van der Waals surface area contributed by atoms with Crippen molar-refractivity contribution in [1.82, 2.24) is 0 Å². The molecule has 0 saturated carbocycles. The van der Waals surface area contributed by atoms with Gasteiger partial charge in [-0.2, -0.15) is 0 Å². The molecule has 0 amide bonds.